The standard InChI is InChI=1S/C21H21N3O2/c1-23-20-8-4-3-7-19(20)22-21(23)24(15-18-6-5-13-26-18)14-16-9-11-17(25-2)12-10-16/h3-13H,14-15H2,1-2H3. The molecule has 2 aromatic carbocycles. The molecule has 0 N–H and O–H groups in total. The van der Waals surface area contributed by atoms with Crippen molar-refractivity contribution >= 4 is 17.0 Å². The highest BCUT2D eigenvalue weighted by molar-refractivity contribution is 5.78. The minimum absolute atomic E-state index is 0.649. The monoisotopic (exact) mass is 347 g/mol. The Morgan fingerprint density at radius 1 is 1.00 bits per heavy atom. The molecule has 0 amide bonds. The number of benzene rings is 2. The summed E-state index contributed by atoms with van der Waals surface area (Å²) in [5, 5.41) is 0. The normalized spacial score (nSPS) is 11.0. The lowest BCUT2D eigenvalue weighted by atomic mass is 10.2. The molecule has 0 radical (unpaired) electrons. The first-order valence-corrected chi connectivity index (χ1v) is 8.56. The van der Waals surface area contributed by atoms with E-state index in [2.05, 4.69) is 27.7 Å². The van der Waals surface area contributed by atoms with Crippen molar-refractivity contribution in [3.63, 3.8) is 0 Å². The molecule has 5 nitrogen and oxygen atoms in total. The molecule has 5 heteroatoms. The lowest BCUT2D eigenvalue weighted by Gasteiger charge is -2.23. The van der Waals surface area contributed by atoms with Crippen molar-refractivity contribution < 1.29 is 9.15 Å². The van der Waals surface area contributed by atoms with E-state index in [9.17, 15) is 0 Å². The van der Waals surface area contributed by atoms with E-state index in [1.807, 2.05) is 49.5 Å². The maximum atomic E-state index is 5.57. The fourth-order valence-electron chi connectivity index (χ4n) is 3.15. The number of nitrogens with zero attached hydrogens (tertiary/aromatic N) is 3. The number of methoxy groups -OCH3 is 1. The van der Waals surface area contributed by atoms with E-state index in [4.69, 9.17) is 14.1 Å². The van der Waals surface area contributed by atoms with Crippen LogP contribution in [0.4, 0.5) is 5.95 Å². The number of hydrogen-bond acceptors (Lipinski definition) is 4. The van der Waals surface area contributed by atoms with Crippen molar-refractivity contribution in [3.8, 4) is 5.75 Å². The fourth-order valence-corrected chi connectivity index (χ4v) is 3.15. The van der Waals surface area contributed by atoms with E-state index in [1.54, 1.807) is 13.4 Å². The largest absolute Gasteiger partial charge is 0.497 e. The van der Waals surface area contributed by atoms with Gasteiger partial charge in [-0.3, -0.25) is 0 Å². The average molecular weight is 347 g/mol. The molecule has 0 atom stereocenters. The Balaban J connectivity index is 1.70. The summed E-state index contributed by atoms with van der Waals surface area (Å²) in [5.41, 5.74) is 3.29. The summed E-state index contributed by atoms with van der Waals surface area (Å²) in [6.07, 6.45) is 1.70. The third-order valence-electron chi connectivity index (χ3n) is 4.51. The highest BCUT2D eigenvalue weighted by Gasteiger charge is 2.17. The second kappa shape index (κ2) is 6.96. The molecule has 4 rings (SSSR count). The molecule has 132 valence electrons. The van der Waals surface area contributed by atoms with Crippen LogP contribution in [0.2, 0.25) is 0 Å². The zero-order valence-electron chi connectivity index (χ0n) is 14.9. The smallest absolute Gasteiger partial charge is 0.206 e. The van der Waals surface area contributed by atoms with E-state index in [-0.39, 0.29) is 0 Å². The summed E-state index contributed by atoms with van der Waals surface area (Å²) in [5.74, 6) is 2.68. The number of rotatable bonds is 6. The second-order valence-corrected chi connectivity index (χ2v) is 6.24. The van der Waals surface area contributed by atoms with Gasteiger partial charge in [-0.2, -0.15) is 0 Å². The van der Waals surface area contributed by atoms with Crippen molar-refractivity contribution in [1.82, 2.24) is 9.55 Å². The second-order valence-electron chi connectivity index (χ2n) is 6.24. The molecule has 0 aliphatic rings. The van der Waals surface area contributed by atoms with E-state index in [0.29, 0.717) is 6.54 Å². The van der Waals surface area contributed by atoms with E-state index in [1.165, 1.54) is 5.56 Å². The highest BCUT2D eigenvalue weighted by Crippen LogP contribution is 2.25. The van der Waals surface area contributed by atoms with Gasteiger partial charge in [-0.05, 0) is 42.0 Å². The number of anilines is 1. The quantitative estimate of drug-likeness (QED) is 0.519. The first kappa shape index (κ1) is 16.3. The number of ether oxygens (including phenoxy) is 1. The van der Waals surface area contributed by atoms with Gasteiger partial charge in [-0.15, -0.1) is 0 Å². The molecule has 0 bridgehead atoms. The van der Waals surface area contributed by atoms with Gasteiger partial charge in [0.05, 0.1) is 31.0 Å². The number of imidazole rings is 1. The summed E-state index contributed by atoms with van der Waals surface area (Å²) >= 11 is 0. The molecule has 0 aliphatic heterocycles. The molecule has 2 heterocycles. The summed E-state index contributed by atoms with van der Waals surface area (Å²) in [4.78, 5) is 7.07. The summed E-state index contributed by atoms with van der Waals surface area (Å²) in [6, 6.07) is 20.2. The predicted molar refractivity (Wildman–Crippen MR) is 102 cm³/mol. The van der Waals surface area contributed by atoms with E-state index >= 15 is 0 Å². The van der Waals surface area contributed by atoms with Crippen LogP contribution >= 0.6 is 0 Å². The molecule has 0 spiro atoms. The lowest BCUT2D eigenvalue weighted by molar-refractivity contribution is 0.414. The number of para-hydroxylation sites is 2. The summed E-state index contributed by atoms with van der Waals surface area (Å²) in [6.45, 7) is 1.37. The SMILES string of the molecule is COc1ccc(CN(Cc2ccco2)c2nc3ccccc3n2C)cc1. The van der Waals surface area contributed by atoms with Gasteiger partial charge in [0.1, 0.15) is 11.5 Å². The molecule has 4 aromatic rings. The predicted octanol–water partition coefficient (Wildman–Crippen LogP) is 4.38. The Morgan fingerprint density at radius 3 is 2.50 bits per heavy atom. The van der Waals surface area contributed by atoms with Crippen molar-refractivity contribution in [2.45, 2.75) is 13.1 Å². The van der Waals surface area contributed by atoms with Crippen molar-refractivity contribution in [1.29, 1.82) is 0 Å². The van der Waals surface area contributed by atoms with Crippen molar-refractivity contribution in [2.24, 2.45) is 7.05 Å². The molecule has 2 aromatic heterocycles. The van der Waals surface area contributed by atoms with Gasteiger partial charge >= 0.3 is 0 Å². The zero-order chi connectivity index (χ0) is 17.9. The Labute approximate surface area is 152 Å². The number of hydrogen-bond donors (Lipinski definition) is 0. The Hall–Kier alpha value is -3.21. The zero-order valence-corrected chi connectivity index (χ0v) is 14.9. The van der Waals surface area contributed by atoms with Gasteiger partial charge in [-0.25, -0.2) is 4.98 Å². The molecule has 26 heavy (non-hydrogen) atoms. The third-order valence-corrected chi connectivity index (χ3v) is 4.51. The molecule has 0 saturated heterocycles. The minimum Gasteiger partial charge on any atom is -0.497 e. The molecule has 0 aliphatic carbocycles. The number of furan rings is 1. The first-order valence-electron chi connectivity index (χ1n) is 8.56. The van der Waals surface area contributed by atoms with Crippen LogP contribution in [0.1, 0.15) is 11.3 Å². The summed E-state index contributed by atoms with van der Waals surface area (Å²) < 4.78 is 13.0. The van der Waals surface area contributed by atoms with E-state index < -0.39 is 0 Å². The van der Waals surface area contributed by atoms with Crippen LogP contribution < -0.4 is 9.64 Å². The Kier molecular flexibility index (Phi) is 4.35. The molecule has 0 fully saturated rings. The topological polar surface area (TPSA) is 43.4 Å². The maximum absolute atomic E-state index is 5.57. The minimum atomic E-state index is 0.649. The molecule has 0 saturated carbocycles. The van der Waals surface area contributed by atoms with Gasteiger partial charge in [-0.1, -0.05) is 24.3 Å². The van der Waals surface area contributed by atoms with Gasteiger partial charge in [0.25, 0.3) is 0 Å². The van der Waals surface area contributed by atoms with Gasteiger partial charge in [0, 0.05) is 13.6 Å². The average Bonchev–Trinajstić information content (AvgIpc) is 3.30. The third kappa shape index (κ3) is 3.16. The lowest BCUT2D eigenvalue weighted by Crippen LogP contribution is -2.24. The van der Waals surface area contributed by atoms with Crippen LogP contribution in [0.15, 0.2) is 71.3 Å². The van der Waals surface area contributed by atoms with Crippen LogP contribution in [-0.4, -0.2) is 16.7 Å². The maximum Gasteiger partial charge on any atom is 0.206 e. The Morgan fingerprint density at radius 2 is 1.81 bits per heavy atom. The van der Waals surface area contributed by atoms with Crippen LogP contribution in [0.25, 0.3) is 11.0 Å². The number of fused-ring (bicyclic) bond motifs is 1. The first-order chi connectivity index (χ1) is 12.7. The highest BCUT2D eigenvalue weighted by atomic mass is 16.5. The number of aromatic nitrogens is 2. The molecular formula is C21H21N3O2. The van der Waals surface area contributed by atoms with Gasteiger partial charge < -0.3 is 18.6 Å². The van der Waals surface area contributed by atoms with E-state index in [0.717, 1.165) is 35.0 Å². The van der Waals surface area contributed by atoms with Gasteiger partial charge in [0.15, 0.2) is 0 Å². The van der Waals surface area contributed by atoms with Crippen LogP contribution in [0.5, 0.6) is 5.75 Å². The van der Waals surface area contributed by atoms with Crippen molar-refractivity contribution in [2.75, 3.05) is 12.0 Å². The van der Waals surface area contributed by atoms with Crippen molar-refractivity contribution in [3.05, 3.63) is 78.3 Å². The molecule has 0 unspecified atom stereocenters. The van der Waals surface area contributed by atoms with Gasteiger partial charge in [0.2, 0.25) is 5.95 Å². The van der Waals surface area contributed by atoms with Crippen LogP contribution in [-0.2, 0) is 20.1 Å². The molecular weight excluding hydrogens is 326 g/mol. The Bertz CT molecular complexity index is 988. The van der Waals surface area contributed by atoms with Crippen LogP contribution in [0.3, 0.4) is 0 Å². The summed E-state index contributed by atoms with van der Waals surface area (Å²) in [7, 11) is 3.73. The number of aryl methyl sites for hydroxylation is 1. The van der Waals surface area contributed by atoms with Crippen LogP contribution in [0, 0.1) is 0 Å². The fraction of sp³-hybridized carbons (Fsp3) is 0.190.